The summed E-state index contributed by atoms with van der Waals surface area (Å²) in [5, 5.41) is 2.82. The second-order valence-electron chi connectivity index (χ2n) is 5.88. The Kier molecular flexibility index (Phi) is 6.57. The van der Waals surface area contributed by atoms with E-state index in [0.717, 1.165) is 11.1 Å². The van der Waals surface area contributed by atoms with Gasteiger partial charge in [-0.05, 0) is 43.7 Å². The summed E-state index contributed by atoms with van der Waals surface area (Å²) in [6.45, 7) is 6.61. The molecule has 2 aromatic carbocycles. The van der Waals surface area contributed by atoms with Gasteiger partial charge in [-0.25, -0.2) is 0 Å². The van der Waals surface area contributed by atoms with E-state index in [1.165, 1.54) is 0 Å². The zero-order chi connectivity index (χ0) is 18.2. The van der Waals surface area contributed by atoms with E-state index >= 15 is 0 Å². The highest BCUT2D eigenvalue weighted by molar-refractivity contribution is 5.91. The number of benzene rings is 2. The zero-order valence-corrected chi connectivity index (χ0v) is 14.9. The van der Waals surface area contributed by atoms with Gasteiger partial charge in [0, 0.05) is 25.7 Å². The molecule has 0 fully saturated rings. The molecule has 132 valence electrons. The van der Waals surface area contributed by atoms with E-state index in [1.807, 2.05) is 62.4 Å². The van der Waals surface area contributed by atoms with Crippen molar-refractivity contribution in [2.45, 2.75) is 27.3 Å². The second-order valence-corrected chi connectivity index (χ2v) is 5.88. The molecule has 0 aliphatic rings. The second kappa shape index (κ2) is 8.87. The van der Waals surface area contributed by atoms with E-state index < -0.39 is 0 Å². The molecule has 0 unspecified atom stereocenters. The maximum atomic E-state index is 12.0. The fourth-order valence-electron chi connectivity index (χ4n) is 2.39. The summed E-state index contributed by atoms with van der Waals surface area (Å²) in [5.74, 6) is 0.467. The third-order valence-corrected chi connectivity index (χ3v) is 3.80. The smallest absolute Gasteiger partial charge is 0.262 e. The van der Waals surface area contributed by atoms with Crippen molar-refractivity contribution in [1.29, 1.82) is 0 Å². The van der Waals surface area contributed by atoms with Crippen LogP contribution >= 0.6 is 0 Å². The van der Waals surface area contributed by atoms with Crippen LogP contribution in [-0.4, -0.2) is 29.9 Å². The number of ether oxygens (including phenoxy) is 1. The van der Waals surface area contributed by atoms with Gasteiger partial charge in [-0.15, -0.1) is 0 Å². The lowest BCUT2D eigenvalue weighted by molar-refractivity contribution is -0.129. The maximum absolute atomic E-state index is 12.0. The zero-order valence-electron chi connectivity index (χ0n) is 14.9. The van der Waals surface area contributed by atoms with Crippen LogP contribution in [0.2, 0.25) is 0 Å². The van der Waals surface area contributed by atoms with Gasteiger partial charge < -0.3 is 15.0 Å². The molecule has 0 spiro atoms. The monoisotopic (exact) mass is 340 g/mol. The van der Waals surface area contributed by atoms with E-state index in [0.29, 0.717) is 24.5 Å². The molecule has 0 atom stereocenters. The Morgan fingerprint density at radius 2 is 1.84 bits per heavy atom. The fourth-order valence-corrected chi connectivity index (χ4v) is 2.39. The van der Waals surface area contributed by atoms with Gasteiger partial charge >= 0.3 is 0 Å². The van der Waals surface area contributed by atoms with E-state index in [1.54, 1.807) is 11.8 Å². The molecule has 0 aromatic heterocycles. The van der Waals surface area contributed by atoms with Crippen LogP contribution in [0.1, 0.15) is 25.0 Å². The number of amides is 2. The van der Waals surface area contributed by atoms with Crippen LogP contribution in [0.25, 0.3) is 0 Å². The lowest BCUT2D eigenvalue weighted by atomic mass is 10.2. The van der Waals surface area contributed by atoms with Crippen LogP contribution in [-0.2, 0) is 16.1 Å². The summed E-state index contributed by atoms with van der Waals surface area (Å²) in [4.78, 5) is 25.3. The first-order chi connectivity index (χ1) is 12.0. The molecule has 0 radical (unpaired) electrons. The Bertz CT molecular complexity index is 726. The van der Waals surface area contributed by atoms with Crippen LogP contribution in [0.5, 0.6) is 5.75 Å². The Labute approximate surface area is 148 Å². The van der Waals surface area contributed by atoms with Gasteiger partial charge in [0.2, 0.25) is 5.91 Å². The molecule has 0 saturated carbocycles. The van der Waals surface area contributed by atoms with E-state index in [4.69, 9.17) is 4.74 Å². The first-order valence-electron chi connectivity index (χ1n) is 8.31. The first kappa shape index (κ1) is 18.5. The topological polar surface area (TPSA) is 58.6 Å². The number of nitrogens with one attached hydrogen (secondary N) is 1. The summed E-state index contributed by atoms with van der Waals surface area (Å²) in [6, 6.07) is 15.0. The van der Waals surface area contributed by atoms with Crippen LogP contribution in [0, 0.1) is 6.92 Å². The van der Waals surface area contributed by atoms with Crippen molar-refractivity contribution in [3.05, 3.63) is 59.7 Å². The molecule has 5 heteroatoms. The predicted molar refractivity (Wildman–Crippen MR) is 98.5 cm³/mol. The number of nitrogens with zero attached hydrogens (tertiary/aromatic N) is 1. The van der Waals surface area contributed by atoms with E-state index in [2.05, 4.69) is 5.32 Å². The summed E-state index contributed by atoms with van der Waals surface area (Å²) in [7, 11) is 0. The van der Waals surface area contributed by atoms with Crippen LogP contribution in [0.4, 0.5) is 5.69 Å². The number of hydrogen-bond acceptors (Lipinski definition) is 3. The SMILES string of the molecule is CCN(Cc1cccc(NC(=O)COc2ccc(C)cc2)c1)C(C)=O. The summed E-state index contributed by atoms with van der Waals surface area (Å²) < 4.78 is 5.47. The van der Waals surface area contributed by atoms with Crippen molar-refractivity contribution in [3.8, 4) is 5.75 Å². The molecule has 0 heterocycles. The average Bonchev–Trinajstić information content (AvgIpc) is 2.59. The Morgan fingerprint density at radius 1 is 1.12 bits per heavy atom. The van der Waals surface area contributed by atoms with Gasteiger partial charge in [0.1, 0.15) is 5.75 Å². The molecular formula is C20H24N2O3. The Morgan fingerprint density at radius 3 is 2.48 bits per heavy atom. The largest absolute Gasteiger partial charge is 0.484 e. The normalized spacial score (nSPS) is 10.2. The molecule has 2 rings (SSSR count). The highest BCUT2D eigenvalue weighted by Crippen LogP contribution is 2.14. The van der Waals surface area contributed by atoms with Crippen molar-refractivity contribution >= 4 is 17.5 Å². The summed E-state index contributed by atoms with van der Waals surface area (Å²) in [6.07, 6.45) is 0. The van der Waals surface area contributed by atoms with Crippen molar-refractivity contribution < 1.29 is 14.3 Å². The molecule has 0 aliphatic heterocycles. The Hall–Kier alpha value is -2.82. The molecule has 2 amide bonds. The molecule has 0 aliphatic carbocycles. The molecule has 2 aromatic rings. The van der Waals surface area contributed by atoms with Gasteiger partial charge in [-0.2, -0.15) is 0 Å². The molecule has 25 heavy (non-hydrogen) atoms. The molecule has 0 saturated heterocycles. The third-order valence-electron chi connectivity index (χ3n) is 3.80. The van der Waals surface area contributed by atoms with Crippen molar-refractivity contribution in [2.24, 2.45) is 0 Å². The number of carbonyl (C=O) groups is 2. The number of hydrogen-bond donors (Lipinski definition) is 1. The average molecular weight is 340 g/mol. The Balaban J connectivity index is 1.91. The van der Waals surface area contributed by atoms with Gasteiger partial charge in [0.15, 0.2) is 6.61 Å². The number of rotatable bonds is 7. The van der Waals surface area contributed by atoms with E-state index in [-0.39, 0.29) is 18.4 Å². The standard InChI is InChI=1S/C20H24N2O3/c1-4-22(16(3)23)13-17-6-5-7-18(12-17)21-20(24)14-25-19-10-8-15(2)9-11-19/h5-12H,4,13-14H2,1-3H3,(H,21,24). The minimum Gasteiger partial charge on any atom is -0.484 e. The minimum atomic E-state index is -0.225. The number of aryl methyl sites for hydroxylation is 1. The summed E-state index contributed by atoms with van der Waals surface area (Å²) >= 11 is 0. The van der Waals surface area contributed by atoms with E-state index in [9.17, 15) is 9.59 Å². The summed E-state index contributed by atoms with van der Waals surface area (Å²) in [5.41, 5.74) is 2.80. The lowest BCUT2D eigenvalue weighted by Crippen LogP contribution is -2.27. The van der Waals surface area contributed by atoms with Crippen LogP contribution in [0.3, 0.4) is 0 Å². The molecule has 1 N–H and O–H groups in total. The minimum absolute atomic E-state index is 0.0310. The van der Waals surface area contributed by atoms with Gasteiger partial charge in [-0.3, -0.25) is 9.59 Å². The van der Waals surface area contributed by atoms with Crippen LogP contribution in [0.15, 0.2) is 48.5 Å². The number of anilines is 1. The molecular weight excluding hydrogens is 316 g/mol. The quantitative estimate of drug-likeness (QED) is 0.840. The van der Waals surface area contributed by atoms with Crippen molar-refractivity contribution in [1.82, 2.24) is 4.90 Å². The fraction of sp³-hybridized carbons (Fsp3) is 0.300. The van der Waals surface area contributed by atoms with Gasteiger partial charge in [0.25, 0.3) is 5.91 Å². The lowest BCUT2D eigenvalue weighted by Gasteiger charge is -2.19. The predicted octanol–water partition coefficient (Wildman–Crippen LogP) is 3.38. The van der Waals surface area contributed by atoms with Gasteiger partial charge in [-0.1, -0.05) is 29.8 Å². The highest BCUT2D eigenvalue weighted by Gasteiger charge is 2.08. The number of carbonyl (C=O) groups excluding carboxylic acids is 2. The first-order valence-corrected chi connectivity index (χ1v) is 8.31. The van der Waals surface area contributed by atoms with Crippen molar-refractivity contribution in [3.63, 3.8) is 0 Å². The van der Waals surface area contributed by atoms with Crippen LogP contribution < -0.4 is 10.1 Å². The molecule has 5 nitrogen and oxygen atoms in total. The molecule has 0 bridgehead atoms. The van der Waals surface area contributed by atoms with Gasteiger partial charge in [0.05, 0.1) is 0 Å². The highest BCUT2D eigenvalue weighted by atomic mass is 16.5. The maximum Gasteiger partial charge on any atom is 0.262 e. The third kappa shape index (κ3) is 5.95. The van der Waals surface area contributed by atoms with Crippen molar-refractivity contribution in [2.75, 3.05) is 18.5 Å².